The number of carboxylic acids is 1. The van der Waals surface area contributed by atoms with E-state index in [9.17, 15) is 9.59 Å². The molecule has 1 atom stereocenters. The third kappa shape index (κ3) is 2.34. The second-order valence-corrected chi connectivity index (χ2v) is 4.57. The van der Waals surface area contributed by atoms with Crippen molar-refractivity contribution in [1.82, 2.24) is 4.90 Å². The molecule has 7 heteroatoms. The number of carbonyl (C=O) groups excluding carboxylic acids is 1. The van der Waals surface area contributed by atoms with Crippen molar-refractivity contribution >= 4 is 12.1 Å². The van der Waals surface area contributed by atoms with E-state index in [1.165, 1.54) is 4.90 Å². The van der Waals surface area contributed by atoms with Crippen LogP contribution < -0.4 is 9.47 Å². The molecule has 1 fully saturated rings. The Labute approximate surface area is 114 Å². The fraction of sp³-hybridized carbons (Fsp3) is 0.385. The third-order valence-electron chi connectivity index (χ3n) is 3.25. The van der Waals surface area contributed by atoms with E-state index in [2.05, 4.69) is 0 Å². The molecule has 0 aliphatic carbocycles. The van der Waals surface area contributed by atoms with Gasteiger partial charge in [-0.05, 0) is 17.7 Å². The number of carbonyl (C=O) groups is 2. The van der Waals surface area contributed by atoms with Crippen molar-refractivity contribution in [1.29, 1.82) is 0 Å². The molecule has 0 saturated carbocycles. The van der Waals surface area contributed by atoms with Crippen LogP contribution in [0.4, 0.5) is 4.79 Å². The average molecular weight is 279 g/mol. The molecule has 0 radical (unpaired) electrons. The summed E-state index contributed by atoms with van der Waals surface area (Å²) in [4.78, 5) is 23.6. The van der Waals surface area contributed by atoms with E-state index in [0.29, 0.717) is 18.0 Å². The van der Waals surface area contributed by atoms with Gasteiger partial charge in [0.05, 0.1) is 13.0 Å². The summed E-state index contributed by atoms with van der Waals surface area (Å²) < 4.78 is 15.7. The van der Waals surface area contributed by atoms with Gasteiger partial charge in [-0.2, -0.15) is 0 Å². The molecule has 1 saturated heterocycles. The van der Waals surface area contributed by atoms with Crippen LogP contribution in [-0.4, -0.2) is 42.0 Å². The minimum atomic E-state index is -0.940. The second kappa shape index (κ2) is 4.92. The van der Waals surface area contributed by atoms with Crippen molar-refractivity contribution < 1.29 is 28.9 Å². The van der Waals surface area contributed by atoms with E-state index in [1.54, 1.807) is 12.1 Å². The predicted molar refractivity (Wildman–Crippen MR) is 65.6 cm³/mol. The van der Waals surface area contributed by atoms with Crippen molar-refractivity contribution in [2.45, 2.75) is 12.5 Å². The molecular formula is C13H13NO6. The molecule has 1 amide bonds. The molecule has 0 aromatic heterocycles. The molecule has 3 rings (SSSR count). The average Bonchev–Trinajstić information content (AvgIpc) is 3.01. The Hall–Kier alpha value is -2.44. The minimum Gasteiger partial charge on any atom is -0.481 e. The van der Waals surface area contributed by atoms with Gasteiger partial charge in [-0.25, -0.2) is 4.79 Å². The lowest BCUT2D eigenvalue weighted by atomic mass is 10.1. The van der Waals surface area contributed by atoms with Crippen LogP contribution in [0, 0.1) is 0 Å². The number of aliphatic carboxylic acids is 1. The van der Waals surface area contributed by atoms with Gasteiger partial charge in [0.25, 0.3) is 0 Å². The van der Waals surface area contributed by atoms with E-state index in [-0.39, 0.29) is 19.8 Å². The number of carboxylic acid groups (broad SMARTS) is 1. The van der Waals surface area contributed by atoms with E-state index >= 15 is 0 Å². The Kier molecular flexibility index (Phi) is 3.09. The fourth-order valence-electron chi connectivity index (χ4n) is 2.21. The Morgan fingerprint density at radius 1 is 1.35 bits per heavy atom. The molecule has 1 aromatic rings. The fourth-order valence-corrected chi connectivity index (χ4v) is 2.21. The van der Waals surface area contributed by atoms with Gasteiger partial charge in [0.1, 0.15) is 6.10 Å². The van der Waals surface area contributed by atoms with Crippen LogP contribution >= 0.6 is 0 Å². The van der Waals surface area contributed by atoms with E-state index in [1.807, 2.05) is 6.07 Å². The summed E-state index contributed by atoms with van der Waals surface area (Å²) in [6, 6.07) is 5.36. The molecule has 1 aromatic carbocycles. The molecule has 0 bridgehead atoms. The first kappa shape index (κ1) is 12.6. The first-order valence-corrected chi connectivity index (χ1v) is 6.20. The van der Waals surface area contributed by atoms with Gasteiger partial charge in [0.15, 0.2) is 11.5 Å². The summed E-state index contributed by atoms with van der Waals surface area (Å²) in [5.74, 6) is 0.354. The normalized spacial score (nSPS) is 20.1. The zero-order chi connectivity index (χ0) is 14.1. The van der Waals surface area contributed by atoms with Crippen LogP contribution in [0.15, 0.2) is 18.2 Å². The number of hydrogen-bond acceptors (Lipinski definition) is 5. The first-order valence-electron chi connectivity index (χ1n) is 6.20. The molecule has 2 aliphatic rings. The van der Waals surface area contributed by atoms with Crippen LogP contribution in [0.5, 0.6) is 11.5 Å². The van der Waals surface area contributed by atoms with Gasteiger partial charge in [-0.15, -0.1) is 0 Å². The molecular weight excluding hydrogens is 266 g/mol. The lowest BCUT2D eigenvalue weighted by molar-refractivity contribution is -0.137. The van der Waals surface area contributed by atoms with Gasteiger partial charge in [0.2, 0.25) is 6.79 Å². The first-order chi connectivity index (χ1) is 9.63. The van der Waals surface area contributed by atoms with Gasteiger partial charge in [0, 0.05) is 6.54 Å². The van der Waals surface area contributed by atoms with Gasteiger partial charge in [-0.1, -0.05) is 6.07 Å². The summed E-state index contributed by atoms with van der Waals surface area (Å²) >= 11 is 0. The van der Waals surface area contributed by atoms with Crippen molar-refractivity contribution in [3.05, 3.63) is 23.8 Å². The zero-order valence-corrected chi connectivity index (χ0v) is 10.6. The molecule has 2 aliphatic heterocycles. The van der Waals surface area contributed by atoms with Crippen LogP contribution in [-0.2, 0) is 9.53 Å². The van der Waals surface area contributed by atoms with Crippen LogP contribution in [0.2, 0.25) is 0 Å². The molecule has 1 unspecified atom stereocenters. The number of rotatable bonds is 4. The Bertz CT molecular complexity index is 558. The second-order valence-electron chi connectivity index (χ2n) is 4.57. The number of nitrogens with zero attached hydrogens (tertiary/aromatic N) is 1. The lowest BCUT2D eigenvalue weighted by Crippen LogP contribution is -2.27. The number of amides is 1. The number of fused-ring (bicyclic) bond motifs is 1. The Morgan fingerprint density at radius 3 is 2.95 bits per heavy atom. The molecule has 7 nitrogen and oxygen atoms in total. The van der Waals surface area contributed by atoms with Crippen molar-refractivity contribution in [2.24, 2.45) is 0 Å². The number of ether oxygens (including phenoxy) is 3. The highest BCUT2D eigenvalue weighted by Crippen LogP contribution is 2.36. The van der Waals surface area contributed by atoms with Gasteiger partial charge >= 0.3 is 12.1 Å². The quantitative estimate of drug-likeness (QED) is 0.896. The molecule has 0 spiro atoms. The molecule has 1 N–H and O–H groups in total. The summed E-state index contributed by atoms with van der Waals surface area (Å²) in [5.41, 5.74) is 0.806. The maximum Gasteiger partial charge on any atom is 0.410 e. The SMILES string of the molecule is O=C(O)CCN1CC(c2ccc3c(c2)OCO3)OC1=O. The smallest absolute Gasteiger partial charge is 0.410 e. The summed E-state index contributed by atoms with van der Waals surface area (Å²) in [5, 5.41) is 8.64. The lowest BCUT2D eigenvalue weighted by Gasteiger charge is -2.11. The number of benzene rings is 1. The monoisotopic (exact) mass is 279 g/mol. The highest BCUT2D eigenvalue weighted by atomic mass is 16.7. The number of hydrogen-bond donors (Lipinski definition) is 1. The van der Waals surface area contributed by atoms with Crippen LogP contribution in [0.1, 0.15) is 18.1 Å². The van der Waals surface area contributed by atoms with Crippen molar-refractivity contribution in [3.8, 4) is 11.5 Å². The summed E-state index contributed by atoms with van der Waals surface area (Å²) in [6.45, 7) is 0.676. The molecule has 2 heterocycles. The van der Waals surface area contributed by atoms with Gasteiger partial charge in [-0.3, -0.25) is 4.79 Å². The maximum atomic E-state index is 11.7. The van der Waals surface area contributed by atoms with Crippen molar-refractivity contribution in [3.63, 3.8) is 0 Å². The van der Waals surface area contributed by atoms with Crippen molar-refractivity contribution in [2.75, 3.05) is 19.9 Å². The zero-order valence-electron chi connectivity index (χ0n) is 10.6. The standard InChI is InChI=1S/C13H13NO6/c15-12(16)3-4-14-6-11(20-13(14)17)8-1-2-9-10(5-8)19-7-18-9/h1-2,5,11H,3-4,6-7H2,(H,15,16). The number of cyclic esters (lactones) is 1. The largest absolute Gasteiger partial charge is 0.481 e. The Balaban J connectivity index is 1.69. The summed E-state index contributed by atoms with van der Waals surface area (Å²) in [7, 11) is 0. The van der Waals surface area contributed by atoms with Crippen LogP contribution in [0.3, 0.4) is 0 Å². The summed E-state index contributed by atoms with van der Waals surface area (Å²) in [6.07, 6.45) is -0.997. The van der Waals surface area contributed by atoms with Crippen LogP contribution in [0.25, 0.3) is 0 Å². The van der Waals surface area contributed by atoms with E-state index < -0.39 is 18.2 Å². The highest BCUT2D eigenvalue weighted by molar-refractivity contribution is 5.72. The Morgan fingerprint density at radius 2 is 2.15 bits per heavy atom. The minimum absolute atomic E-state index is 0.0943. The van der Waals surface area contributed by atoms with E-state index in [0.717, 1.165) is 5.56 Å². The maximum absolute atomic E-state index is 11.7. The highest BCUT2D eigenvalue weighted by Gasteiger charge is 2.33. The topological polar surface area (TPSA) is 85.3 Å². The predicted octanol–water partition coefficient (Wildman–Crippen LogP) is 1.38. The molecule has 20 heavy (non-hydrogen) atoms. The van der Waals surface area contributed by atoms with E-state index in [4.69, 9.17) is 19.3 Å². The third-order valence-corrected chi connectivity index (χ3v) is 3.25. The van der Waals surface area contributed by atoms with Gasteiger partial charge < -0.3 is 24.2 Å². The molecule has 106 valence electrons.